The van der Waals surface area contributed by atoms with Crippen LogP contribution in [0.4, 0.5) is 5.13 Å². The number of benzene rings is 2. The van der Waals surface area contributed by atoms with E-state index in [0.29, 0.717) is 10.2 Å². The molecule has 0 unspecified atom stereocenters. The number of hydrogen-bond donors (Lipinski definition) is 2. The second kappa shape index (κ2) is 8.42. The van der Waals surface area contributed by atoms with Crippen molar-refractivity contribution in [2.24, 2.45) is 0 Å². The van der Waals surface area contributed by atoms with Crippen LogP contribution in [0.5, 0.6) is 0 Å². The van der Waals surface area contributed by atoms with E-state index in [1.165, 1.54) is 11.3 Å². The van der Waals surface area contributed by atoms with E-state index >= 15 is 0 Å². The second-order valence-electron chi connectivity index (χ2n) is 5.19. The maximum absolute atomic E-state index is 12.6. The number of rotatable bonds is 5. The maximum Gasteiger partial charge on any atom is 0.273 e. The molecule has 2 aromatic carbocycles. The molecule has 130 valence electrons. The minimum atomic E-state index is -0.468. The van der Waals surface area contributed by atoms with Crippen molar-refractivity contribution in [1.29, 1.82) is 0 Å². The number of thiazole rings is 1. The summed E-state index contributed by atoms with van der Waals surface area (Å²) >= 11 is 7.36. The van der Waals surface area contributed by atoms with E-state index in [0.717, 1.165) is 5.56 Å². The lowest BCUT2D eigenvalue weighted by atomic mass is 10.1. The zero-order valence-corrected chi connectivity index (χ0v) is 15.1. The lowest BCUT2D eigenvalue weighted by molar-refractivity contribution is -0.113. The molecule has 2 amide bonds. The SMILES string of the molecule is O=C(Nc1nccs1)/C(=C/c1ccccc1)NC(=O)c1ccccc1Cl. The summed E-state index contributed by atoms with van der Waals surface area (Å²) in [4.78, 5) is 29.2. The van der Waals surface area contributed by atoms with Crippen LogP contribution in [-0.4, -0.2) is 16.8 Å². The number of hydrogen-bond acceptors (Lipinski definition) is 4. The number of amides is 2. The normalized spacial score (nSPS) is 11.0. The first-order valence-corrected chi connectivity index (χ1v) is 8.93. The topological polar surface area (TPSA) is 71.1 Å². The van der Waals surface area contributed by atoms with E-state index in [-0.39, 0.29) is 11.3 Å². The Morgan fingerprint density at radius 2 is 1.77 bits per heavy atom. The van der Waals surface area contributed by atoms with Gasteiger partial charge in [0.25, 0.3) is 11.8 Å². The molecular formula is C19H14ClN3O2S. The van der Waals surface area contributed by atoms with Gasteiger partial charge in [-0.25, -0.2) is 4.98 Å². The summed E-state index contributed by atoms with van der Waals surface area (Å²) in [6.07, 6.45) is 3.18. The molecule has 0 atom stereocenters. The molecule has 2 N–H and O–H groups in total. The lowest BCUT2D eigenvalue weighted by Gasteiger charge is -2.10. The smallest absolute Gasteiger partial charge is 0.273 e. The van der Waals surface area contributed by atoms with Gasteiger partial charge in [0.2, 0.25) is 0 Å². The highest BCUT2D eigenvalue weighted by Gasteiger charge is 2.17. The molecule has 1 heterocycles. The molecule has 0 fully saturated rings. The van der Waals surface area contributed by atoms with Crippen LogP contribution < -0.4 is 10.6 Å². The van der Waals surface area contributed by atoms with Crippen LogP contribution in [0.2, 0.25) is 5.02 Å². The molecule has 0 bridgehead atoms. The van der Waals surface area contributed by atoms with Crippen LogP contribution in [0.3, 0.4) is 0 Å². The quantitative estimate of drug-likeness (QED) is 0.648. The Kier molecular flexibility index (Phi) is 5.78. The van der Waals surface area contributed by atoms with Gasteiger partial charge in [0.1, 0.15) is 5.70 Å². The van der Waals surface area contributed by atoms with Crippen molar-refractivity contribution < 1.29 is 9.59 Å². The van der Waals surface area contributed by atoms with Gasteiger partial charge < -0.3 is 5.32 Å². The van der Waals surface area contributed by atoms with Crippen LogP contribution in [0.15, 0.2) is 71.9 Å². The van der Waals surface area contributed by atoms with Crippen LogP contribution >= 0.6 is 22.9 Å². The summed E-state index contributed by atoms with van der Waals surface area (Å²) in [6.45, 7) is 0. The van der Waals surface area contributed by atoms with Gasteiger partial charge in [-0.15, -0.1) is 11.3 Å². The third-order valence-corrected chi connectivity index (χ3v) is 4.39. The predicted octanol–water partition coefficient (Wildman–Crippen LogP) is 4.21. The molecule has 0 aliphatic rings. The Balaban J connectivity index is 1.87. The molecule has 5 nitrogen and oxygen atoms in total. The van der Waals surface area contributed by atoms with Crippen molar-refractivity contribution in [1.82, 2.24) is 10.3 Å². The Morgan fingerprint density at radius 1 is 1.04 bits per heavy atom. The number of halogens is 1. The molecule has 26 heavy (non-hydrogen) atoms. The van der Waals surface area contributed by atoms with Crippen LogP contribution in [0.25, 0.3) is 6.08 Å². The van der Waals surface area contributed by atoms with Crippen molar-refractivity contribution >= 4 is 46.0 Å². The Hall–Kier alpha value is -2.96. The van der Waals surface area contributed by atoms with Gasteiger partial charge in [0, 0.05) is 11.6 Å². The monoisotopic (exact) mass is 383 g/mol. The Morgan fingerprint density at radius 3 is 2.46 bits per heavy atom. The van der Waals surface area contributed by atoms with Gasteiger partial charge in [-0.1, -0.05) is 54.1 Å². The largest absolute Gasteiger partial charge is 0.317 e. The lowest BCUT2D eigenvalue weighted by Crippen LogP contribution is -2.30. The highest BCUT2D eigenvalue weighted by Crippen LogP contribution is 2.17. The van der Waals surface area contributed by atoms with Gasteiger partial charge >= 0.3 is 0 Å². The van der Waals surface area contributed by atoms with Crippen LogP contribution in [0, 0.1) is 0 Å². The summed E-state index contributed by atoms with van der Waals surface area (Å²) in [5.41, 5.74) is 1.16. The fourth-order valence-electron chi connectivity index (χ4n) is 2.16. The molecule has 0 saturated carbocycles. The Labute approximate surface area is 159 Å². The minimum Gasteiger partial charge on any atom is -0.317 e. The molecule has 0 spiro atoms. The van der Waals surface area contributed by atoms with E-state index in [9.17, 15) is 9.59 Å². The summed E-state index contributed by atoms with van der Waals surface area (Å²) in [6, 6.07) is 15.9. The van der Waals surface area contributed by atoms with Crippen molar-refractivity contribution in [3.63, 3.8) is 0 Å². The van der Waals surface area contributed by atoms with Crippen LogP contribution in [-0.2, 0) is 4.79 Å². The molecule has 3 rings (SSSR count). The standard InChI is InChI=1S/C19H14ClN3O2S/c20-15-9-5-4-8-14(15)17(24)22-16(12-13-6-2-1-3-7-13)18(25)23-19-21-10-11-26-19/h1-12H,(H,22,24)(H,21,23,25)/b16-12-. The fraction of sp³-hybridized carbons (Fsp3) is 0. The van der Waals surface area contributed by atoms with Gasteiger partial charge in [0.15, 0.2) is 5.13 Å². The van der Waals surface area contributed by atoms with Crippen LogP contribution in [0.1, 0.15) is 15.9 Å². The average molecular weight is 384 g/mol. The number of nitrogens with one attached hydrogen (secondary N) is 2. The van der Waals surface area contributed by atoms with Gasteiger partial charge in [0.05, 0.1) is 10.6 Å². The first-order valence-electron chi connectivity index (χ1n) is 7.67. The third-order valence-electron chi connectivity index (χ3n) is 3.37. The zero-order valence-electron chi connectivity index (χ0n) is 13.5. The zero-order chi connectivity index (χ0) is 18.4. The number of carbonyl (C=O) groups excluding carboxylic acids is 2. The Bertz CT molecular complexity index is 940. The van der Waals surface area contributed by atoms with Crippen molar-refractivity contribution in [3.05, 3.63) is 88.0 Å². The van der Waals surface area contributed by atoms with Gasteiger partial charge in [-0.3, -0.25) is 14.9 Å². The molecular weight excluding hydrogens is 370 g/mol. The number of nitrogens with zero attached hydrogens (tertiary/aromatic N) is 1. The molecule has 0 radical (unpaired) electrons. The van der Waals surface area contributed by atoms with Gasteiger partial charge in [-0.05, 0) is 23.8 Å². The average Bonchev–Trinajstić information content (AvgIpc) is 3.15. The molecule has 0 aliphatic heterocycles. The van der Waals surface area contributed by atoms with Gasteiger partial charge in [-0.2, -0.15) is 0 Å². The minimum absolute atomic E-state index is 0.0938. The highest BCUT2D eigenvalue weighted by atomic mass is 35.5. The van der Waals surface area contributed by atoms with Crippen molar-refractivity contribution in [3.8, 4) is 0 Å². The number of anilines is 1. The van der Waals surface area contributed by atoms with E-state index in [1.54, 1.807) is 41.9 Å². The molecule has 1 aromatic heterocycles. The van der Waals surface area contributed by atoms with E-state index in [4.69, 9.17) is 11.6 Å². The fourth-order valence-corrected chi connectivity index (χ4v) is 2.90. The third kappa shape index (κ3) is 4.56. The second-order valence-corrected chi connectivity index (χ2v) is 6.50. The summed E-state index contributed by atoms with van der Waals surface area (Å²) in [5.74, 6) is -0.934. The molecule has 3 aromatic rings. The molecule has 0 saturated heterocycles. The number of aromatic nitrogens is 1. The van der Waals surface area contributed by atoms with E-state index in [1.807, 2.05) is 30.3 Å². The highest BCUT2D eigenvalue weighted by molar-refractivity contribution is 7.13. The first-order chi connectivity index (χ1) is 12.6. The number of carbonyl (C=O) groups is 2. The maximum atomic E-state index is 12.6. The summed E-state index contributed by atoms with van der Waals surface area (Å²) in [5, 5.41) is 7.81. The van der Waals surface area contributed by atoms with Crippen molar-refractivity contribution in [2.75, 3.05) is 5.32 Å². The molecule has 0 aliphatic carbocycles. The van der Waals surface area contributed by atoms with E-state index in [2.05, 4.69) is 15.6 Å². The predicted molar refractivity (Wildman–Crippen MR) is 104 cm³/mol. The summed E-state index contributed by atoms with van der Waals surface area (Å²) < 4.78 is 0. The van der Waals surface area contributed by atoms with Crippen molar-refractivity contribution in [2.45, 2.75) is 0 Å². The first kappa shape index (κ1) is 17.8. The van der Waals surface area contributed by atoms with E-state index < -0.39 is 11.8 Å². The molecule has 7 heteroatoms. The summed E-state index contributed by atoms with van der Waals surface area (Å²) in [7, 11) is 0.